The van der Waals surface area contributed by atoms with Crippen molar-refractivity contribution < 1.29 is 0 Å². The third kappa shape index (κ3) is 2.18. The molecule has 2 rings (SSSR count). The Balaban J connectivity index is 2.36. The van der Waals surface area contributed by atoms with Crippen LogP contribution in [-0.4, -0.2) is 4.98 Å². The van der Waals surface area contributed by atoms with Gasteiger partial charge in [0.1, 0.15) is 0 Å². The maximum atomic E-state index is 5.98. The lowest BCUT2D eigenvalue weighted by Crippen LogP contribution is -1.85. The van der Waals surface area contributed by atoms with Gasteiger partial charge in [-0.05, 0) is 24.6 Å². The van der Waals surface area contributed by atoms with E-state index in [0.29, 0.717) is 0 Å². The molecule has 2 aromatic heterocycles. The van der Waals surface area contributed by atoms with E-state index in [-0.39, 0.29) is 0 Å². The van der Waals surface area contributed by atoms with Crippen molar-refractivity contribution >= 4 is 16.3 Å². The summed E-state index contributed by atoms with van der Waals surface area (Å²) in [6.07, 6.45) is 4.05. The highest BCUT2D eigenvalue weighted by Gasteiger charge is 2.08. The van der Waals surface area contributed by atoms with Crippen LogP contribution in [0.2, 0.25) is 0 Å². The molecule has 0 saturated heterocycles. The molecular formula is C12H14N2S. The minimum absolute atomic E-state index is 0.872. The summed E-state index contributed by atoms with van der Waals surface area (Å²) in [5, 5.41) is 0.872. The van der Waals surface area contributed by atoms with Crippen LogP contribution in [0.1, 0.15) is 18.2 Å². The van der Waals surface area contributed by atoms with Crippen molar-refractivity contribution in [3.05, 3.63) is 35.3 Å². The van der Waals surface area contributed by atoms with Gasteiger partial charge in [0, 0.05) is 16.6 Å². The Bertz CT molecular complexity index is 434. The number of rotatable bonds is 3. The van der Waals surface area contributed by atoms with Gasteiger partial charge in [0.05, 0.1) is 10.7 Å². The van der Waals surface area contributed by atoms with Gasteiger partial charge < -0.3 is 5.73 Å². The molecule has 78 valence electrons. The lowest BCUT2D eigenvalue weighted by Gasteiger charge is -1.96. The molecule has 0 aliphatic carbocycles. The number of aryl methyl sites for hydroxylation is 1. The van der Waals surface area contributed by atoms with E-state index in [1.165, 1.54) is 4.88 Å². The molecule has 0 saturated carbocycles. The third-order valence-electron chi connectivity index (χ3n) is 2.25. The number of pyridine rings is 1. The van der Waals surface area contributed by atoms with Gasteiger partial charge in [-0.15, -0.1) is 11.3 Å². The van der Waals surface area contributed by atoms with Gasteiger partial charge in [-0.25, -0.2) is 0 Å². The predicted octanol–water partition coefficient (Wildman–Crippen LogP) is 3.34. The molecule has 0 spiro atoms. The summed E-state index contributed by atoms with van der Waals surface area (Å²) in [4.78, 5) is 5.65. The molecule has 0 aromatic carbocycles. The molecule has 2 N–H and O–H groups in total. The Morgan fingerprint density at radius 3 is 2.93 bits per heavy atom. The highest BCUT2D eigenvalue weighted by atomic mass is 32.1. The summed E-state index contributed by atoms with van der Waals surface area (Å²) in [6.45, 7) is 2.18. The van der Waals surface area contributed by atoms with E-state index < -0.39 is 0 Å². The van der Waals surface area contributed by atoms with Crippen LogP contribution >= 0.6 is 11.3 Å². The topological polar surface area (TPSA) is 38.9 Å². The fraction of sp³-hybridized carbons (Fsp3) is 0.250. The average molecular weight is 218 g/mol. The van der Waals surface area contributed by atoms with E-state index in [4.69, 9.17) is 5.73 Å². The van der Waals surface area contributed by atoms with Crippen molar-refractivity contribution in [1.82, 2.24) is 4.98 Å². The van der Waals surface area contributed by atoms with Crippen LogP contribution in [-0.2, 0) is 6.42 Å². The van der Waals surface area contributed by atoms with E-state index in [0.717, 1.165) is 29.1 Å². The number of hydrogen-bond acceptors (Lipinski definition) is 3. The summed E-state index contributed by atoms with van der Waals surface area (Å²) >= 11 is 1.67. The first-order valence-electron chi connectivity index (χ1n) is 5.11. The SMILES string of the molecule is CCCc1cc(-c2ccccn2)c(N)s1. The molecule has 15 heavy (non-hydrogen) atoms. The van der Waals surface area contributed by atoms with Crippen molar-refractivity contribution in [3.63, 3.8) is 0 Å². The zero-order valence-electron chi connectivity index (χ0n) is 8.73. The van der Waals surface area contributed by atoms with Gasteiger partial charge in [0.15, 0.2) is 0 Å². The Labute approximate surface area is 93.8 Å². The molecule has 0 unspecified atom stereocenters. The minimum atomic E-state index is 0.872. The zero-order valence-corrected chi connectivity index (χ0v) is 9.55. The zero-order chi connectivity index (χ0) is 10.7. The molecule has 0 fully saturated rings. The number of nitrogens with two attached hydrogens (primary N) is 1. The number of hydrogen-bond donors (Lipinski definition) is 1. The maximum Gasteiger partial charge on any atom is 0.0954 e. The van der Waals surface area contributed by atoms with Crippen molar-refractivity contribution in [2.24, 2.45) is 0 Å². The van der Waals surface area contributed by atoms with E-state index in [2.05, 4.69) is 18.0 Å². The predicted molar refractivity (Wildman–Crippen MR) is 66.0 cm³/mol. The average Bonchev–Trinajstić information content (AvgIpc) is 2.61. The Hall–Kier alpha value is -1.35. The van der Waals surface area contributed by atoms with E-state index in [1.54, 1.807) is 17.5 Å². The van der Waals surface area contributed by atoms with Gasteiger partial charge in [0.2, 0.25) is 0 Å². The highest BCUT2D eigenvalue weighted by Crippen LogP contribution is 2.33. The Morgan fingerprint density at radius 1 is 1.40 bits per heavy atom. The van der Waals surface area contributed by atoms with Gasteiger partial charge in [0.25, 0.3) is 0 Å². The first-order chi connectivity index (χ1) is 7.31. The van der Waals surface area contributed by atoms with Gasteiger partial charge in [-0.3, -0.25) is 4.98 Å². The summed E-state index contributed by atoms with van der Waals surface area (Å²) in [5.41, 5.74) is 8.02. The second kappa shape index (κ2) is 4.45. The smallest absolute Gasteiger partial charge is 0.0954 e. The molecule has 0 aliphatic rings. The van der Waals surface area contributed by atoms with Gasteiger partial charge >= 0.3 is 0 Å². The lowest BCUT2D eigenvalue weighted by atomic mass is 10.2. The molecular weight excluding hydrogens is 204 g/mol. The summed E-state index contributed by atoms with van der Waals surface area (Å²) in [6, 6.07) is 8.05. The van der Waals surface area contributed by atoms with Crippen LogP contribution in [0.15, 0.2) is 30.5 Å². The van der Waals surface area contributed by atoms with E-state index >= 15 is 0 Å². The summed E-state index contributed by atoms with van der Waals surface area (Å²) < 4.78 is 0. The molecule has 2 aromatic rings. The third-order valence-corrected chi connectivity index (χ3v) is 3.27. The normalized spacial score (nSPS) is 10.5. The maximum absolute atomic E-state index is 5.98. The molecule has 0 atom stereocenters. The Kier molecular flexibility index (Phi) is 3.02. The molecule has 0 radical (unpaired) electrons. The standard InChI is InChI=1S/C12H14N2S/c1-2-5-9-8-10(12(13)15-9)11-6-3-4-7-14-11/h3-4,6-8H,2,5,13H2,1H3. The second-order valence-corrected chi connectivity index (χ2v) is 4.62. The van der Waals surface area contributed by atoms with E-state index in [9.17, 15) is 0 Å². The molecule has 2 nitrogen and oxygen atoms in total. The van der Waals surface area contributed by atoms with Crippen LogP contribution in [0, 0.1) is 0 Å². The van der Waals surface area contributed by atoms with Crippen LogP contribution in [0.3, 0.4) is 0 Å². The second-order valence-electron chi connectivity index (χ2n) is 3.46. The fourth-order valence-corrected chi connectivity index (χ4v) is 2.59. The molecule has 3 heteroatoms. The van der Waals surface area contributed by atoms with Crippen LogP contribution in [0.4, 0.5) is 5.00 Å². The Morgan fingerprint density at radius 2 is 2.27 bits per heavy atom. The van der Waals surface area contributed by atoms with Crippen LogP contribution < -0.4 is 5.73 Å². The minimum Gasteiger partial charge on any atom is -0.390 e. The highest BCUT2D eigenvalue weighted by molar-refractivity contribution is 7.16. The first kappa shape index (κ1) is 10.2. The summed E-state index contributed by atoms with van der Waals surface area (Å²) in [5.74, 6) is 0. The number of nitrogen functional groups attached to an aromatic ring is 1. The number of aromatic nitrogens is 1. The number of nitrogens with zero attached hydrogens (tertiary/aromatic N) is 1. The van der Waals surface area contributed by atoms with Gasteiger partial charge in [-0.2, -0.15) is 0 Å². The largest absolute Gasteiger partial charge is 0.390 e. The van der Waals surface area contributed by atoms with Gasteiger partial charge in [-0.1, -0.05) is 19.4 Å². The quantitative estimate of drug-likeness (QED) is 0.858. The van der Waals surface area contributed by atoms with Crippen molar-refractivity contribution in [3.8, 4) is 11.3 Å². The molecule has 2 heterocycles. The fourth-order valence-electron chi connectivity index (χ4n) is 1.55. The monoisotopic (exact) mass is 218 g/mol. The molecule has 0 aliphatic heterocycles. The molecule has 0 amide bonds. The lowest BCUT2D eigenvalue weighted by molar-refractivity contribution is 0.940. The number of anilines is 1. The van der Waals surface area contributed by atoms with Crippen LogP contribution in [0.25, 0.3) is 11.3 Å². The van der Waals surface area contributed by atoms with Crippen LogP contribution in [0.5, 0.6) is 0 Å². The molecule has 0 bridgehead atoms. The number of thiophene rings is 1. The summed E-state index contributed by atoms with van der Waals surface area (Å²) in [7, 11) is 0. The van der Waals surface area contributed by atoms with Crippen molar-refractivity contribution in [2.45, 2.75) is 19.8 Å². The van der Waals surface area contributed by atoms with Crippen molar-refractivity contribution in [2.75, 3.05) is 5.73 Å². The first-order valence-corrected chi connectivity index (χ1v) is 5.92. The van der Waals surface area contributed by atoms with E-state index in [1.807, 2.05) is 18.2 Å². The van der Waals surface area contributed by atoms with Crippen molar-refractivity contribution in [1.29, 1.82) is 0 Å².